The summed E-state index contributed by atoms with van der Waals surface area (Å²) >= 11 is 11.9. The Morgan fingerprint density at radius 2 is 1.15 bits per heavy atom. The summed E-state index contributed by atoms with van der Waals surface area (Å²) in [4.78, 5) is 24.4. The number of benzene rings is 2. The Morgan fingerprint density at radius 1 is 0.735 bits per heavy atom. The van der Waals surface area contributed by atoms with Gasteiger partial charge in [0.2, 0.25) is 0 Å². The Hall–Kier alpha value is -3.58. The summed E-state index contributed by atoms with van der Waals surface area (Å²) < 4.78 is 0. The highest BCUT2D eigenvalue weighted by Crippen LogP contribution is 2.15. The van der Waals surface area contributed by atoms with Gasteiger partial charge in [-0.05, 0) is 60.4 Å². The molecule has 0 saturated heterocycles. The van der Waals surface area contributed by atoms with Crippen molar-refractivity contribution in [3.05, 3.63) is 80.8 Å². The van der Waals surface area contributed by atoms with Crippen LogP contribution in [0.3, 0.4) is 0 Å². The number of amides is 2. The predicted octanol–water partition coefficient (Wildman–Crippen LogP) is 5.30. The van der Waals surface area contributed by atoms with Crippen LogP contribution in [0.1, 0.15) is 36.8 Å². The summed E-state index contributed by atoms with van der Waals surface area (Å²) in [6.45, 7) is 0.890. The van der Waals surface area contributed by atoms with E-state index in [9.17, 15) is 20.1 Å². The Bertz CT molecular complexity index is 1070. The van der Waals surface area contributed by atoms with E-state index in [1.807, 2.05) is 12.1 Å². The van der Waals surface area contributed by atoms with Crippen molar-refractivity contribution in [3.8, 4) is 12.1 Å². The third kappa shape index (κ3) is 9.50. The molecule has 0 unspecified atom stereocenters. The second kappa shape index (κ2) is 14.5. The zero-order valence-electron chi connectivity index (χ0n) is 18.5. The largest absolute Gasteiger partial charge is 0.351 e. The SMILES string of the molecule is N#C/C(=C\c1cccc(Cl)c1)C(=O)NCCCCCCNC(=O)/C(C#N)=C/c1cccc(Cl)c1. The number of hydrogen-bond donors (Lipinski definition) is 2. The maximum absolute atomic E-state index is 12.2. The molecule has 8 heteroatoms. The number of rotatable bonds is 11. The number of nitrogens with one attached hydrogen (secondary N) is 2. The molecule has 2 rings (SSSR count). The standard InChI is InChI=1S/C26H24Cl2N4O2/c27-23-9-5-7-19(15-23)13-21(17-29)25(33)31-11-3-1-2-4-12-32-26(34)22(18-30)14-20-8-6-10-24(28)16-20/h5-10,13-16H,1-4,11-12H2,(H,31,33)(H,32,34)/b21-13+,22-14+. The highest BCUT2D eigenvalue weighted by atomic mass is 35.5. The van der Waals surface area contributed by atoms with E-state index in [1.54, 1.807) is 48.5 Å². The first-order valence-electron chi connectivity index (χ1n) is 10.7. The van der Waals surface area contributed by atoms with Crippen LogP contribution in [0.2, 0.25) is 10.0 Å². The zero-order chi connectivity index (χ0) is 24.8. The number of nitriles is 2. The van der Waals surface area contributed by atoms with Gasteiger partial charge in [-0.3, -0.25) is 9.59 Å². The number of halogens is 2. The van der Waals surface area contributed by atoms with Crippen LogP contribution in [0, 0.1) is 22.7 Å². The van der Waals surface area contributed by atoms with Gasteiger partial charge in [0.1, 0.15) is 23.3 Å². The molecule has 0 aliphatic carbocycles. The van der Waals surface area contributed by atoms with Crippen molar-refractivity contribution in [2.24, 2.45) is 0 Å². The first-order valence-corrected chi connectivity index (χ1v) is 11.5. The first kappa shape index (κ1) is 26.7. The van der Waals surface area contributed by atoms with E-state index < -0.39 is 11.8 Å². The molecule has 0 radical (unpaired) electrons. The minimum Gasteiger partial charge on any atom is -0.351 e. The zero-order valence-corrected chi connectivity index (χ0v) is 20.0. The molecule has 0 atom stereocenters. The van der Waals surface area contributed by atoms with Crippen molar-refractivity contribution in [2.45, 2.75) is 25.7 Å². The van der Waals surface area contributed by atoms with Crippen LogP contribution >= 0.6 is 23.2 Å². The topological polar surface area (TPSA) is 106 Å². The molecule has 2 amide bonds. The third-order valence-electron chi connectivity index (χ3n) is 4.72. The first-order chi connectivity index (χ1) is 16.4. The third-order valence-corrected chi connectivity index (χ3v) is 5.19. The van der Waals surface area contributed by atoms with Gasteiger partial charge >= 0.3 is 0 Å². The molecule has 0 heterocycles. The van der Waals surface area contributed by atoms with Crippen LogP contribution in [0.5, 0.6) is 0 Å². The van der Waals surface area contributed by atoms with Crippen molar-refractivity contribution in [2.75, 3.05) is 13.1 Å². The molecule has 2 N–H and O–H groups in total. The summed E-state index contributed by atoms with van der Waals surface area (Å²) in [5, 5.41) is 25.0. The van der Waals surface area contributed by atoms with Crippen LogP contribution < -0.4 is 10.6 Å². The maximum Gasteiger partial charge on any atom is 0.261 e. The summed E-state index contributed by atoms with van der Waals surface area (Å²) in [5.74, 6) is -0.851. The van der Waals surface area contributed by atoms with Crippen LogP contribution in [0.25, 0.3) is 12.2 Å². The van der Waals surface area contributed by atoms with Gasteiger partial charge in [0.25, 0.3) is 11.8 Å². The van der Waals surface area contributed by atoms with Gasteiger partial charge in [-0.25, -0.2) is 0 Å². The van der Waals surface area contributed by atoms with Gasteiger partial charge in [-0.1, -0.05) is 60.3 Å². The summed E-state index contributed by atoms with van der Waals surface area (Å²) in [6, 6.07) is 17.7. The van der Waals surface area contributed by atoms with E-state index in [-0.39, 0.29) is 11.1 Å². The molecular formula is C26H24Cl2N4O2. The lowest BCUT2D eigenvalue weighted by atomic mass is 10.1. The molecule has 0 spiro atoms. The van der Waals surface area contributed by atoms with E-state index in [4.69, 9.17) is 23.2 Å². The molecule has 0 saturated carbocycles. The Kier molecular flexibility index (Phi) is 11.4. The fourth-order valence-electron chi connectivity index (χ4n) is 3.02. The lowest BCUT2D eigenvalue weighted by Gasteiger charge is -2.06. The second-order valence-electron chi connectivity index (χ2n) is 7.38. The fraction of sp³-hybridized carbons (Fsp3) is 0.231. The molecule has 0 bridgehead atoms. The van der Waals surface area contributed by atoms with Crippen molar-refractivity contribution in [3.63, 3.8) is 0 Å². The Labute approximate surface area is 209 Å². The quantitative estimate of drug-likeness (QED) is 0.251. The normalized spacial score (nSPS) is 11.3. The molecule has 0 fully saturated rings. The number of nitrogens with zero attached hydrogens (tertiary/aromatic N) is 2. The van der Waals surface area contributed by atoms with Crippen molar-refractivity contribution >= 4 is 47.2 Å². The molecule has 6 nitrogen and oxygen atoms in total. The lowest BCUT2D eigenvalue weighted by molar-refractivity contribution is -0.117. The van der Waals surface area contributed by atoms with Crippen molar-refractivity contribution < 1.29 is 9.59 Å². The second-order valence-corrected chi connectivity index (χ2v) is 8.25. The van der Waals surface area contributed by atoms with Gasteiger partial charge in [0.05, 0.1) is 0 Å². The Balaban J connectivity index is 1.66. The summed E-state index contributed by atoms with van der Waals surface area (Å²) in [6.07, 6.45) is 6.18. The van der Waals surface area contributed by atoms with Gasteiger partial charge < -0.3 is 10.6 Å². The van der Waals surface area contributed by atoms with E-state index in [0.717, 1.165) is 25.7 Å². The summed E-state index contributed by atoms with van der Waals surface area (Å²) in [5.41, 5.74) is 1.40. The number of carbonyl (C=O) groups is 2. The minimum absolute atomic E-state index is 0.0177. The molecule has 174 valence electrons. The van der Waals surface area contributed by atoms with Gasteiger partial charge in [0, 0.05) is 23.1 Å². The average molecular weight is 495 g/mol. The van der Waals surface area contributed by atoms with Crippen LogP contribution in [-0.2, 0) is 9.59 Å². The van der Waals surface area contributed by atoms with E-state index in [2.05, 4.69) is 10.6 Å². The number of unbranched alkanes of at least 4 members (excludes halogenated alkanes) is 3. The molecular weight excluding hydrogens is 471 g/mol. The fourth-order valence-corrected chi connectivity index (χ4v) is 3.42. The molecule has 2 aromatic rings. The molecule has 0 aromatic heterocycles. The molecule has 0 aliphatic rings. The maximum atomic E-state index is 12.2. The minimum atomic E-state index is -0.426. The highest BCUT2D eigenvalue weighted by molar-refractivity contribution is 6.31. The van der Waals surface area contributed by atoms with E-state index in [1.165, 1.54) is 12.2 Å². The molecule has 0 aliphatic heterocycles. The van der Waals surface area contributed by atoms with Crippen LogP contribution in [-0.4, -0.2) is 24.9 Å². The number of hydrogen-bond acceptors (Lipinski definition) is 4. The Morgan fingerprint density at radius 3 is 1.50 bits per heavy atom. The van der Waals surface area contributed by atoms with Crippen molar-refractivity contribution in [1.29, 1.82) is 10.5 Å². The van der Waals surface area contributed by atoms with Crippen LogP contribution in [0.15, 0.2) is 59.7 Å². The molecule has 2 aromatic carbocycles. The van der Waals surface area contributed by atoms with Gasteiger partial charge in [-0.15, -0.1) is 0 Å². The van der Waals surface area contributed by atoms with E-state index >= 15 is 0 Å². The molecule has 34 heavy (non-hydrogen) atoms. The lowest BCUT2D eigenvalue weighted by Crippen LogP contribution is -2.26. The van der Waals surface area contributed by atoms with Crippen molar-refractivity contribution in [1.82, 2.24) is 10.6 Å². The highest BCUT2D eigenvalue weighted by Gasteiger charge is 2.09. The van der Waals surface area contributed by atoms with Gasteiger partial charge in [0.15, 0.2) is 0 Å². The number of carbonyl (C=O) groups excluding carboxylic acids is 2. The summed E-state index contributed by atoms with van der Waals surface area (Å²) in [7, 11) is 0. The monoisotopic (exact) mass is 494 g/mol. The smallest absolute Gasteiger partial charge is 0.261 e. The predicted molar refractivity (Wildman–Crippen MR) is 135 cm³/mol. The van der Waals surface area contributed by atoms with Gasteiger partial charge in [-0.2, -0.15) is 10.5 Å². The van der Waals surface area contributed by atoms with Crippen LogP contribution in [0.4, 0.5) is 0 Å². The van der Waals surface area contributed by atoms with E-state index in [0.29, 0.717) is 34.3 Å². The average Bonchev–Trinajstić information content (AvgIpc) is 2.82.